The van der Waals surface area contributed by atoms with Crippen molar-refractivity contribution in [3.8, 4) is 11.5 Å². The van der Waals surface area contributed by atoms with Gasteiger partial charge in [0.05, 0.1) is 25.5 Å². The standard InChI is InChI=1S/C18H25NO5/c1-5-9-21-15-10-13(24-16(20)6-2)7-8-14(15)19(17(3)11-22-17)18(4)12-23-18/h7-8,10H,5-6,9,11-12H2,1-4H3. The molecule has 2 atom stereocenters. The van der Waals surface area contributed by atoms with Gasteiger partial charge in [-0.05, 0) is 32.4 Å². The minimum atomic E-state index is -0.392. The van der Waals surface area contributed by atoms with Crippen LogP contribution in [-0.2, 0) is 14.3 Å². The Balaban J connectivity index is 1.94. The van der Waals surface area contributed by atoms with Crippen molar-refractivity contribution >= 4 is 11.7 Å². The molecular formula is C18H25NO5. The highest BCUT2D eigenvalue weighted by Crippen LogP contribution is 2.49. The first kappa shape index (κ1) is 17.0. The number of anilines is 1. The van der Waals surface area contributed by atoms with E-state index in [-0.39, 0.29) is 5.97 Å². The third kappa shape index (κ3) is 3.35. The van der Waals surface area contributed by atoms with Crippen LogP contribution in [0.4, 0.5) is 5.69 Å². The molecule has 2 heterocycles. The van der Waals surface area contributed by atoms with E-state index < -0.39 is 11.4 Å². The first-order chi connectivity index (χ1) is 11.4. The van der Waals surface area contributed by atoms with Gasteiger partial charge in [-0.15, -0.1) is 0 Å². The van der Waals surface area contributed by atoms with Gasteiger partial charge in [0.25, 0.3) is 0 Å². The van der Waals surface area contributed by atoms with Gasteiger partial charge >= 0.3 is 5.97 Å². The van der Waals surface area contributed by atoms with Gasteiger partial charge in [-0.2, -0.15) is 0 Å². The summed E-state index contributed by atoms with van der Waals surface area (Å²) < 4.78 is 22.6. The van der Waals surface area contributed by atoms with E-state index in [9.17, 15) is 4.79 Å². The van der Waals surface area contributed by atoms with E-state index in [2.05, 4.69) is 11.8 Å². The van der Waals surface area contributed by atoms with E-state index in [1.807, 2.05) is 19.9 Å². The van der Waals surface area contributed by atoms with Crippen molar-refractivity contribution in [2.75, 3.05) is 24.7 Å². The zero-order valence-corrected chi connectivity index (χ0v) is 14.8. The Kier molecular flexibility index (Phi) is 4.44. The average Bonchev–Trinajstić information content (AvgIpc) is 3.47. The summed E-state index contributed by atoms with van der Waals surface area (Å²) >= 11 is 0. The number of rotatable bonds is 8. The van der Waals surface area contributed by atoms with Gasteiger partial charge in [0.1, 0.15) is 11.5 Å². The van der Waals surface area contributed by atoms with Crippen LogP contribution < -0.4 is 14.4 Å². The number of epoxide rings is 2. The van der Waals surface area contributed by atoms with Crippen LogP contribution in [0.3, 0.4) is 0 Å². The highest BCUT2D eigenvalue weighted by Gasteiger charge is 2.59. The quantitative estimate of drug-likeness (QED) is 0.413. The number of carbonyl (C=O) groups is 1. The van der Waals surface area contributed by atoms with Crippen molar-refractivity contribution in [2.45, 2.75) is 52.0 Å². The molecule has 0 amide bonds. The summed E-state index contributed by atoms with van der Waals surface area (Å²) in [5, 5.41) is 0. The third-order valence-electron chi connectivity index (χ3n) is 4.22. The van der Waals surface area contributed by atoms with Crippen LogP contribution in [0.1, 0.15) is 40.5 Å². The van der Waals surface area contributed by atoms with Crippen LogP contribution in [-0.4, -0.2) is 37.2 Å². The summed E-state index contributed by atoms with van der Waals surface area (Å²) in [7, 11) is 0. The van der Waals surface area contributed by atoms with E-state index in [1.54, 1.807) is 19.1 Å². The molecule has 0 bridgehead atoms. The minimum absolute atomic E-state index is 0.268. The lowest BCUT2D eigenvalue weighted by Crippen LogP contribution is -2.46. The summed E-state index contributed by atoms with van der Waals surface area (Å²) in [6.45, 7) is 9.76. The van der Waals surface area contributed by atoms with E-state index in [4.69, 9.17) is 18.9 Å². The van der Waals surface area contributed by atoms with Crippen molar-refractivity contribution in [1.29, 1.82) is 0 Å². The molecule has 1 aromatic carbocycles. The molecule has 0 aromatic heterocycles. The first-order valence-corrected chi connectivity index (χ1v) is 8.47. The van der Waals surface area contributed by atoms with Gasteiger partial charge < -0.3 is 23.8 Å². The van der Waals surface area contributed by atoms with E-state index in [0.717, 1.165) is 12.1 Å². The minimum Gasteiger partial charge on any atom is -0.491 e. The molecule has 0 radical (unpaired) electrons. The Morgan fingerprint density at radius 1 is 1.21 bits per heavy atom. The fourth-order valence-electron chi connectivity index (χ4n) is 2.75. The van der Waals surface area contributed by atoms with Crippen LogP contribution in [0.5, 0.6) is 11.5 Å². The van der Waals surface area contributed by atoms with Gasteiger partial charge in [0.15, 0.2) is 11.4 Å². The maximum Gasteiger partial charge on any atom is 0.310 e. The van der Waals surface area contributed by atoms with Crippen LogP contribution in [0, 0.1) is 0 Å². The number of ether oxygens (including phenoxy) is 4. The lowest BCUT2D eigenvalue weighted by atomic mass is 10.1. The van der Waals surface area contributed by atoms with Crippen molar-refractivity contribution in [3.63, 3.8) is 0 Å². The number of carbonyl (C=O) groups excluding carboxylic acids is 1. The maximum absolute atomic E-state index is 11.6. The maximum atomic E-state index is 11.6. The van der Waals surface area contributed by atoms with Crippen LogP contribution >= 0.6 is 0 Å². The molecule has 0 saturated carbocycles. The lowest BCUT2D eigenvalue weighted by Gasteiger charge is -2.34. The molecule has 0 aliphatic carbocycles. The average molecular weight is 335 g/mol. The third-order valence-corrected chi connectivity index (χ3v) is 4.22. The predicted octanol–water partition coefficient (Wildman–Crippen LogP) is 3.09. The Morgan fingerprint density at radius 3 is 2.33 bits per heavy atom. The summed E-state index contributed by atoms with van der Waals surface area (Å²) in [4.78, 5) is 13.7. The zero-order valence-electron chi connectivity index (χ0n) is 14.8. The van der Waals surface area contributed by atoms with Gasteiger partial charge in [0, 0.05) is 12.5 Å². The summed E-state index contributed by atoms with van der Waals surface area (Å²) in [6.07, 6.45) is 1.22. The molecule has 2 fully saturated rings. The molecule has 6 heteroatoms. The number of hydrogen-bond acceptors (Lipinski definition) is 6. The highest BCUT2D eigenvalue weighted by molar-refractivity contribution is 5.73. The van der Waals surface area contributed by atoms with E-state index in [0.29, 0.717) is 37.7 Å². The lowest BCUT2D eigenvalue weighted by molar-refractivity contribution is -0.134. The SMILES string of the molecule is CCCOc1cc(OC(=O)CC)ccc1N(C1(C)CO1)C1(C)CO1. The van der Waals surface area contributed by atoms with Gasteiger partial charge in [-0.25, -0.2) is 0 Å². The monoisotopic (exact) mass is 335 g/mol. The second-order valence-electron chi connectivity index (χ2n) is 6.57. The van der Waals surface area contributed by atoms with E-state index >= 15 is 0 Å². The molecule has 2 aliphatic heterocycles. The molecular weight excluding hydrogens is 310 g/mol. The number of hydrogen-bond donors (Lipinski definition) is 0. The van der Waals surface area contributed by atoms with Crippen LogP contribution in [0.15, 0.2) is 18.2 Å². The normalized spacial score (nSPS) is 27.5. The Labute approximate surface area is 142 Å². The molecule has 3 rings (SSSR count). The molecule has 24 heavy (non-hydrogen) atoms. The summed E-state index contributed by atoms with van der Waals surface area (Å²) in [6, 6.07) is 5.46. The highest BCUT2D eigenvalue weighted by atomic mass is 16.7. The largest absolute Gasteiger partial charge is 0.491 e. The second kappa shape index (κ2) is 6.26. The summed E-state index contributed by atoms with van der Waals surface area (Å²) in [5.74, 6) is 0.892. The smallest absolute Gasteiger partial charge is 0.310 e. The molecule has 1 aromatic rings. The van der Waals surface area contributed by atoms with Crippen molar-refractivity contribution in [3.05, 3.63) is 18.2 Å². The topological polar surface area (TPSA) is 63.8 Å². The number of benzene rings is 1. The van der Waals surface area contributed by atoms with Gasteiger partial charge in [-0.3, -0.25) is 4.79 Å². The van der Waals surface area contributed by atoms with Gasteiger partial charge in [0.2, 0.25) is 0 Å². The fourth-order valence-corrected chi connectivity index (χ4v) is 2.75. The molecule has 2 saturated heterocycles. The second-order valence-corrected chi connectivity index (χ2v) is 6.57. The predicted molar refractivity (Wildman–Crippen MR) is 89.3 cm³/mol. The first-order valence-electron chi connectivity index (χ1n) is 8.47. The Morgan fingerprint density at radius 2 is 1.83 bits per heavy atom. The fraction of sp³-hybridized carbons (Fsp3) is 0.611. The Hall–Kier alpha value is -1.79. The molecule has 0 spiro atoms. The molecule has 6 nitrogen and oxygen atoms in total. The van der Waals surface area contributed by atoms with Crippen molar-refractivity contribution in [1.82, 2.24) is 0 Å². The molecule has 0 N–H and O–H groups in total. The number of nitrogens with zero attached hydrogens (tertiary/aromatic N) is 1. The Bertz CT molecular complexity index is 604. The number of esters is 1. The van der Waals surface area contributed by atoms with Crippen LogP contribution in [0.25, 0.3) is 0 Å². The molecule has 2 aliphatic rings. The van der Waals surface area contributed by atoms with Gasteiger partial charge in [-0.1, -0.05) is 13.8 Å². The zero-order chi connectivity index (χ0) is 17.4. The van der Waals surface area contributed by atoms with Crippen molar-refractivity contribution < 1.29 is 23.7 Å². The van der Waals surface area contributed by atoms with Crippen molar-refractivity contribution in [2.24, 2.45) is 0 Å². The molecule has 2 unspecified atom stereocenters. The van der Waals surface area contributed by atoms with Crippen LogP contribution in [0.2, 0.25) is 0 Å². The van der Waals surface area contributed by atoms with E-state index in [1.165, 1.54) is 0 Å². The molecule has 132 valence electrons. The summed E-state index contributed by atoms with van der Waals surface area (Å²) in [5.41, 5.74) is 0.105.